The molecule has 1 aliphatic rings. The van der Waals surface area contributed by atoms with Crippen LogP contribution < -0.4 is 4.74 Å². The Kier molecular flexibility index (Phi) is 3.43. The molecule has 0 spiro atoms. The maximum atomic E-state index is 12.3. The van der Waals surface area contributed by atoms with Crippen LogP contribution in [0.4, 0.5) is 0 Å². The van der Waals surface area contributed by atoms with Gasteiger partial charge < -0.3 is 9.72 Å². The summed E-state index contributed by atoms with van der Waals surface area (Å²) in [5.74, 6) is 0.775. The van der Waals surface area contributed by atoms with Crippen LogP contribution in [-0.4, -0.2) is 49.8 Å². The number of aromatic amines is 1. The summed E-state index contributed by atoms with van der Waals surface area (Å²) in [6, 6.07) is 5.83. The van der Waals surface area contributed by atoms with Crippen LogP contribution >= 0.6 is 0 Å². The molecule has 2 aromatic rings. The molecule has 0 atom stereocenters. The van der Waals surface area contributed by atoms with E-state index in [1.54, 1.807) is 21.2 Å². The highest BCUT2D eigenvalue weighted by atomic mass is 32.2. The maximum Gasteiger partial charge on any atom is 0.281 e. The fourth-order valence-corrected chi connectivity index (χ4v) is 3.80. The van der Waals surface area contributed by atoms with Crippen molar-refractivity contribution in [2.45, 2.75) is 13.0 Å². The molecule has 1 aromatic heterocycles. The normalized spacial score (nSPS) is 16.4. The second kappa shape index (κ2) is 5.01. The molecule has 6 nitrogen and oxygen atoms in total. The quantitative estimate of drug-likeness (QED) is 0.930. The molecular formula is C14H19N3O3S. The van der Waals surface area contributed by atoms with E-state index in [-0.39, 0.29) is 0 Å². The molecule has 114 valence electrons. The van der Waals surface area contributed by atoms with E-state index in [1.807, 2.05) is 18.2 Å². The van der Waals surface area contributed by atoms with E-state index in [2.05, 4.69) is 4.98 Å². The largest absolute Gasteiger partial charge is 0.497 e. The fraction of sp³-hybridized carbons (Fsp3) is 0.429. The zero-order valence-electron chi connectivity index (χ0n) is 12.4. The molecule has 1 aromatic carbocycles. The molecule has 1 N–H and O–H groups in total. The van der Waals surface area contributed by atoms with Crippen molar-refractivity contribution < 1.29 is 13.2 Å². The van der Waals surface area contributed by atoms with Crippen LogP contribution in [0.25, 0.3) is 10.9 Å². The Morgan fingerprint density at radius 3 is 2.76 bits per heavy atom. The summed E-state index contributed by atoms with van der Waals surface area (Å²) in [5, 5.41) is 1.03. The highest BCUT2D eigenvalue weighted by Crippen LogP contribution is 2.31. The Morgan fingerprint density at radius 2 is 2.10 bits per heavy atom. The number of methoxy groups -OCH3 is 1. The molecule has 0 bridgehead atoms. The van der Waals surface area contributed by atoms with E-state index >= 15 is 0 Å². The van der Waals surface area contributed by atoms with Gasteiger partial charge in [0.15, 0.2) is 0 Å². The minimum Gasteiger partial charge on any atom is -0.497 e. The van der Waals surface area contributed by atoms with Gasteiger partial charge in [-0.15, -0.1) is 0 Å². The summed E-state index contributed by atoms with van der Waals surface area (Å²) in [4.78, 5) is 3.38. The van der Waals surface area contributed by atoms with Gasteiger partial charge in [-0.2, -0.15) is 17.0 Å². The average molecular weight is 309 g/mol. The molecule has 0 fully saturated rings. The van der Waals surface area contributed by atoms with Crippen LogP contribution in [0.3, 0.4) is 0 Å². The average Bonchev–Trinajstić information content (AvgIpc) is 2.83. The topological polar surface area (TPSA) is 65.6 Å². The van der Waals surface area contributed by atoms with Gasteiger partial charge in [-0.25, -0.2) is 0 Å². The van der Waals surface area contributed by atoms with Crippen LogP contribution in [0, 0.1) is 0 Å². The third-order valence-corrected chi connectivity index (χ3v) is 5.82. The number of fused-ring (bicyclic) bond motifs is 3. The fourth-order valence-electron chi connectivity index (χ4n) is 2.72. The Balaban J connectivity index is 2.05. The molecular weight excluding hydrogens is 290 g/mol. The van der Waals surface area contributed by atoms with Crippen LogP contribution in [0.15, 0.2) is 18.2 Å². The zero-order valence-corrected chi connectivity index (χ0v) is 13.2. The van der Waals surface area contributed by atoms with Crippen molar-refractivity contribution in [2.75, 3.05) is 27.7 Å². The number of H-pyrrole nitrogens is 1. The number of nitrogens with one attached hydrogen (secondary N) is 1. The predicted octanol–water partition coefficient (Wildman–Crippen LogP) is 1.34. The molecule has 1 aliphatic heterocycles. The van der Waals surface area contributed by atoms with Crippen LogP contribution in [0.5, 0.6) is 5.75 Å². The SMILES string of the molecule is COc1ccc2[nH]c3c(c2c1)CN(S(=O)(=O)N(C)C)CC3. The molecule has 0 aliphatic carbocycles. The lowest BCUT2D eigenvalue weighted by Crippen LogP contribution is -2.42. The Hall–Kier alpha value is -1.57. The van der Waals surface area contributed by atoms with E-state index in [0.29, 0.717) is 19.5 Å². The predicted molar refractivity (Wildman–Crippen MR) is 81.6 cm³/mol. The van der Waals surface area contributed by atoms with Crippen LogP contribution in [-0.2, 0) is 23.2 Å². The lowest BCUT2D eigenvalue weighted by molar-refractivity contribution is 0.358. The summed E-state index contributed by atoms with van der Waals surface area (Å²) in [6.45, 7) is 0.889. The number of hydrogen-bond acceptors (Lipinski definition) is 3. The smallest absolute Gasteiger partial charge is 0.281 e. The zero-order chi connectivity index (χ0) is 15.2. The first kappa shape index (κ1) is 14.4. The van der Waals surface area contributed by atoms with Gasteiger partial charge in [0, 0.05) is 50.2 Å². The Morgan fingerprint density at radius 1 is 1.33 bits per heavy atom. The maximum absolute atomic E-state index is 12.3. The lowest BCUT2D eigenvalue weighted by atomic mass is 10.1. The third kappa shape index (κ3) is 2.31. The summed E-state index contributed by atoms with van der Waals surface area (Å²) in [7, 11) is 1.36. The van der Waals surface area contributed by atoms with E-state index in [0.717, 1.165) is 27.9 Å². The molecule has 0 amide bonds. The Labute approximate surface area is 124 Å². The number of hydrogen-bond donors (Lipinski definition) is 1. The molecule has 0 radical (unpaired) electrons. The third-order valence-electron chi connectivity index (χ3n) is 3.94. The van der Waals surface area contributed by atoms with Gasteiger partial charge in [-0.1, -0.05) is 0 Å². The standard InChI is InChI=1S/C14H19N3O3S/c1-16(2)21(18,19)17-7-6-14-12(9-17)11-8-10(20-3)4-5-13(11)15-14/h4-5,8,15H,6-7,9H2,1-3H3. The highest BCUT2D eigenvalue weighted by Gasteiger charge is 2.30. The first-order valence-electron chi connectivity index (χ1n) is 6.78. The van der Waals surface area contributed by atoms with E-state index in [4.69, 9.17) is 4.74 Å². The molecule has 0 unspecified atom stereocenters. The number of aromatic nitrogens is 1. The molecule has 2 heterocycles. The van der Waals surface area contributed by atoms with Gasteiger partial charge in [-0.05, 0) is 23.8 Å². The van der Waals surface area contributed by atoms with Crippen LogP contribution in [0.1, 0.15) is 11.3 Å². The van der Waals surface area contributed by atoms with E-state index < -0.39 is 10.2 Å². The van der Waals surface area contributed by atoms with Gasteiger partial charge in [0.1, 0.15) is 5.75 Å². The van der Waals surface area contributed by atoms with Crippen LogP contribution in [0.2, 0.25) is 0 Å². The summed E-state index contributed by atoms with van der Waals surface area (Å²) in [6.07, 6.45) is 0.694. The molecule has 0 saturated heterocycles. The van der Waals surface area contributed by atoms with E-state index in [9.17, 15) is 8.42 Å². The van der Waals surface area contributed by atoms with Gasteiger partial charge in [0.05, 0.1) is 7.11 Å². The molecule has 21 heavy (non-hydrogen) atoms. The van der Waals surface area contributed by atoms with Gasteiger partial charge >= 0.3 is 0 Å². The molecule has 0 saturated carbocycles. The summed E-state index contributed by atoms with van der Waals surface area (Å²) >= 11 is 0. The first-order valence-corrected chi connectivity index (χ1v) is 8.18. The van der Waals surface area contributed by atoms with Crippen molar-refractivity contribution in [3.63, 3.8) is 0 Å². The molecule has 7 heteroatoms. The second-order valence-corrected chi connectivity index (χ2v) is 7.51. The highest BCUT2D eigenvalue weighted by molar-refractivity contribution is 7.86. The Bertz CT molecular complexity index is 780. The second-order valence-electron chi connectivity index (χ2n) is 5.37. The minimum absolute atomic E-state index is 0.392. The van der Waals surface area contributed by atoms with Crippen molar-refractivity contribution in [3.8, 4) is 5.75 Å². The van der Waals surface area contributed by atoms with Crippen molar-refractivity contribution in [1.29, 1.82) is 0 Å². The van der Waals surface area contributed by atoms with Crippen molar-refractivity contribution in [2.24, 2.45) is 0 Å². The van der Waals surface area contributed by atoms with E-state index in [1.165, 1.54) is 8.61 Å². The van der Waals surface area contributed by atoms with Crippen molar-refractivity contribution >= 4 is 21.1 Å². The van der Waals surface area contributed by atoms with Gasteiger partial charge in [-0.3, -0.25) is 0 Å². The summed E-state index contributed by atoms with van der Waals surface area (Å²) < 4.78 is 32.6. The molecule has 3 rings (SSSR count). The number of benzene rings is 1. The monoisotopic (exact) mass is 309 g/mol. The number of ether oxygens (including phenoxy) is 1. The van der Waals surface area contributed by atoms with Crippen molar-refractivity contribution in [3.05, 3.63) is 29.5 Å². The first-order chi connectivity index (χ1) is 9.93. The minimum atomic E-state index is -3.38. The number of rotatable bonds is 3. The van der Waals surface area contributed by atoms with Crippen molar-refractivity contribution in [1.82, 2.24) is 13.6 Å². The van der Waals surface area contributed by atoms with Gasteiger partial charge in [0.2, 0.25) is 0 Å². The number of nitrogens with zero attached hydrogens (tertiary/aromatic N) is 2. The lowest BCUT2D eigenvalue weighted by Gasteiger charge is -2.28. The van der Waals surface area contributed by atoms with Gasteiger partial charge in [0.25, 0.3) is 10.2 Å². The summed E-state index contributed by atoms with van der Waals surface area (Å²) in [5.41, 5.74) is 3.17.